The number of hydrogen-bond donors (Lipinski definition) is 0. The lowest BCUT2D eigenvalue weighted by atomic mass is 9.49. The van der Waals surface area contributed by atoms with Crippen molar-refractivity contribution >= 4 is 17.5 Å². The summed E-state index contributed by atoms with van der Waals surface area (Å²) in [5.74, 6) is 4.37. The van der Waals surface area contributed by atoms with Crippen LogP contribution in [-0.4, -0.2) is 55.1 Å². The van der Waals surface area contributed by atoms with Crippen molar-refractivity contribution in [2.75, 3.05) is 39.4 Å². The summed E-state index contributed by atoms with van der Waals surface area (Å²) < 4.78 is 11.6. The predicted molar refractivity (Wildman–Crippen MR) is 120 cm³/mol. The first-order valence-electron chi connectivity index (χ1n) is 12.2. The minimum Gasteiger partial charge on any atom is -0.489 e. The molecular weight excluding hydrogens is 412 g/mol. The Hall–Kier alpha value is -1.46. The molecule has 2 heterocycles. The van der Waals surface area contributed by atoms with Gasteiger partial charge in [0.25, 0.3) is 0 Å². The van der Waals surface area contributed by atoms with Crippen LogP contribution in [0, 0.1) is 23.2 Å². The first-order chi connectivity index (χ1) is 15.1. The molecule has 2 aliphatic heterocycles. The molecule has 6 aliphatic rings. The molecule has 5 nitrogen and oxygen atoms in total. The second-order valence-electron chi connectivity index (χ2n) is 10.7. The highest BCUT2D eigenvalue weighted by Crippen LogP contribution is 2.60. The molecule has 1 aromatic rings. The van der Waals surface area contributed by atoms with E-state index in [1.807, 2.05) is 6.07 Å². The Morgan fingerprint density at radius 1 is 0.968 bits per heavy atom. The maximum absolute atomic E-state index is 13.6. The Labute approximate surface area is 190 Å². The maximum atomic E-state index is 13.6. The predicted octanol–water partition coefficient (Wildman–Crippen LogP) is 4.36. The third-order valence-electron chi connectivity index (χ3n) is 8.42. The Morgan fingerprint density at radius 2 is 1.61 bits per heavy atom. The molecule has 1 amide bonds. The molecule has 4 saturated carbocycles. The molecule has 0 unspecified atom stereocenters. The lowest BCUT2D eigenvalue weighted by molar-refractivity contribution is -0.159. The van der Waals surface area contributed by atoms with Crippen LogP contribution < -0.4 is 9.47 Å². The van der Waals surface area contributed by atoms with Crippen molar-refractivity contribution in [3.63, 3.8) is 0 Å². The number of hydrogen-bond acceptors (Lipinski definition) is 4. The van der Waals surface area contributed by atoms with E-state index in [0.29, 0.717) is 29.9 Å². The van der Waals surface area contributed by atoms with Gasteiger partial charge in [-0.25, -0.2) is 0 Å². The largest absolute Gasteiger partial charge is 0.489 e. The lowest BCUT2D eigenvalue weighted by Crippen LogP contribution is -2.58. The monoisotopic (exact) mass is 444 g/mol. The van der Waals surface area contributed by atoms with Crippen LogP contribution in [0.1, 0.15) is 50.5 Å². The standard InChI is InChI=1S/C25H33ClN2O3/c26-21-11-20(12-22-23(21)31-7-1-6-30-22)16-27-2-4-28(5-3-27)24(29)25-13-17-8-18(14-25)10-19(9-17)15-25/h11-12,17-19H,1-10,13-16H2. The summed E-state index contributed by atoms with van der Waals surface area (Å²) in [4.78, 5) is 18.2. The van der Waals surface area contributed by atoms with Gasteiger partial charge in [-0.3, -0.25) is 9.69 Å². The maximum Gasteiger partial charge on any atom is 0.228 e. The van der Waals surface area contributed by atoms with E-state index >= 15 is 0 Å². The van der Waals surface area contributed by atoms with Crippen molar-refractivity contribution in [2.24, 2.45) is 23.2 Å². The first-order valence-corrected chi connectivity index (χ1v) is 12.6. The van der Waals surface area contributed by atoms with Crippen LogP contribution in [0.25, 0.3) is 0 Å². The summed E-state index contributed by atoms with van der Waals surface area (Å²) in [7, 11) is 0. The lowest BCUT2D eigenvalue weighted by Gasteiger charge is -2.57. The van der Waals surface area contributed by atoms with Gasteiger partial charge in [-0.05, 0) is 74.0 Å². The summed E-state index contributed by atoms with van der Waals surface area (Å²) in [5.41, 5.74) is 1.13. The molecule has 31 heavy (non-hydrogen) atoms. The van der Waals surface area contributed by atoms with Crippen LogP contribution >= 0.6 is 11.6 Å². The smallest absolute Gasteiger partial charge is 0.228 e. The van der Waals surface area contributed by atoms with Gasteiger partial charge in [-0.15, -0.1) is 0 Å². The number of benzene rings is 1. The molecule has 6 heteroatoms. The summed E-state index contributed by atoms with van der Waals surface area (Å²) in [6, 6.07) is 4.07. The molecule has 4 bridgehead atoms. The number of amides is 1. The molecule has 5 fully saturated rings. The number of carbonyl (C=O) groups is 1. The highest BCUT2D eigenvalue weighted by atomic mass is 35.5. The van der Waals surface area contributed by atoms with Crippen LogP contribution in [0.4, 0.5) is 0 Å². The van der Waals surface area contributed by atoms with Crippen molar-refractivity contribution in [2.45, 2.75) is 51.5 Å². The summed E-state index contributed by atoms with van der Waals surface area (Å²) in [6.07, 6.45) is 8.52. The van der Waals surface area contributed by atoms with Crippen LogP contribution in [0.15, 0.2) is 12.1 Å². The zero-order valence-electron chi connectivity index (χ0n) is 18.3. The summed E-state index contributed by atoms with van der Waals surface area (Å²) in [5, 5.41) is 0.630. The molecule has 0 spiro atoms. The van der Waals surface area contributed by atoms with E-state index in [1.54, 1.807) is 0 Å². The van der Waals surface area contributed by atoms with E-state index < -0.39 is 0 Å². The molecule has 1 saturated heterocycles. The molecule has 7 rings (SSSR count). The molecule has 4 aliphatic carbocycles. The van der Waals surface area contributed by atoms with Crippen molar-refractivity contribution in [3.8, 4) is 11.5 Å². The van der Waals surface area contributed by atoms with Gasteiger partial charge in [0.05, 0.1) is 23.7 Å². The topological polar surface area (TPSA) is 42.0 Å². The number of carbonyl (C=O) groups excluding carboxylic acids is 1. The van der Waals surface area contributed by atoms with Gasteiger partial charge in [0.2, 0.25) is 5.91 Å². The quantitative estimate of drug-likeness (QED) is 0.694. The number of ether oxygens (including phenoxy) is 2. The molecule has 0 atom stereocenters. The zero-order chi connectivity index (χ0) is 21.0. The van der Waals surface area contributed by atoms with Gasteiger partial charge in [-0.2, -0.15) is 0 Å². The van der Waals surface area contributed by atoms with Gasteiger partial charge in [0.15, 0.2) is 11.5 Å². The number of halogens is 1. The fourth-order valence-corrected chi connectivity index (χ4v) is 7.74. The van der Waals surface area contributed by atoms with E-state index in [4.69, 9.17) is 21.1 Å². The highest BCUT2D eigenvalue weighted by Gasteiger charge is 2.55. The molecule has 0 N–H and O–H groups in total. The van der Waals surface area contributed by atoms with E-state index in [9.17, 15) is 4.79 Å². The molecule has 168 valence electrons. The SMILES string of the molecule is O=C(N1CCN(Cc2cc(Cl)c3c(c2)OCCCO3)CC1)C12CC3CC(CC(C3)C1)C2. The minimum absolute atomic E-state index is 0.0151. The molecule has 1 aromatic carbocycles. The Bertz CT molecular complexity index is 829. The molecule has 0 radical (unpaired) electrons. The number of piperazine rings is 1. The van der Waals surface area contributed by atoms with Crippen molar-refractivity contribution in [1.82, 2.24) is 9.80 Å². The Morgan fingerprint density at radius 3 is 2.29 bits per heavy atom. The van der Waals surface area contributed by atoms with Gasteiger partial charge in [-0.1, -0.05) is 11.6 Å². The Kier molecular flexibility index (Phi) is 5.10. The average molecular weight is 445 g/mol. The van der Waals surface area contributed by atoms with Gasteiger partial charge in [0.1, 0.15) is 0 Å². The number of rotatable bonds is 3. The van der Waals surface area contributed by atoms with Crippen LogP contribution in [0.2, 0.25) is 5.02 Å². The van der Waals surface area contributed by atoms with Crippen LogP contribution in [-0.2, 0) is 11.3 Å². The summed E-state index contributed by atoms with van der Waals surface area (Å²) in [6.45, 7) is 5.67. The van der Waals surface area contributed by atoms with Crippen molar-refractivity contribution < 1.29 is 14.3 Å². The van der Waals surface area contributed by atoms with E-state index in [0.717, 1.165) is 87.5 Å². The number of nitrogens with zero attached hydrogens (tertiary/aromatic N) is 2. The van der Waals surface area contributed by atoms with Crippen LogP contribution in [0.5, 0.6) is 11.5 Å². The second-order valence-corrected chi connectivity index (χ2v) is 11.1. The van der Waals surface area contributed by atoms with Crippen LogP contribution in [0.3, 0.4) is 0 Å². The normalized spacial score (nSPS) is 34.6. The van der Waals surface area contributed by atoms with E-state index in [-0.39, 0.29) is 5.41 Å². The van der Waals surface area contributed by atoms with E-state index in [2.05, 4.69) is 15.9 Å². The minimum atomic E-state index is -0.0151. The first kappa shape index (κ1) is 20.2. The molecular formula is C25H33ClN2O3. The van der Waals surface area contributed by atoms with Crippen molar-refractivity contribution in [3.05, 3.63) is 22.7 Å². The number of fused-ring (bicyclic) bond motifs is 1. The zero-order valence-corrected chi connectivity index (χ0v) is 19.0. The van der Waals surface area contributed by atoms with E-state index in [1.165, 1.54) is 19.3 Å². The second kappa shape index (κ2) is 7.84. The van der Waals surface area contributed by atoms with Crippen molar-refractivity contribution in [1.29, 1.82) is 0 Å². The van der Waals surface area contributed by atoms with Gasteiger partial charge in [0, 0.05) is 39.1 Å². The highest BCUT2D eigenvalue weighted by molar-refractivity contribution is 6.32. The third kappa shape index (κ3) is 3.72. The fourth-order valence-electron chi connectivity index (χ4n) is 7.45. The van der Waals surface area contributed by atoms with Gasteiger partial charge >= 0.3 is 0 Å². The van der Waals surface area contributed by atoms with Gasteiger partial charge < -0.3 is 14.4 Å². The average Bonchev–Trinajstić information content (AvgIpc) is 2.99. The fraction of sp³-hybridized carbons (Fsp3) is 0.720. The molecule has 0 aromatic heterocycles. The Balaban J connectivity index is 1.09. The summed E-state index contributed by atoms with van der Waals surface area (Å²) >= 11 is 6.48. The third-order valence-corrected chi connectivity index (χ3v) is 8.70.